The number of hydrogen-bond donors (Lipinski definition) is 1. The SMILES string of the molecule is Cc1noc(C)c1CNc1cccc(Cn2cncn2)c1. The van der Waals surface area contributed by atoms with Crippen molar-refractivity contribution in [1.82, 2.24) is 19.9 Å². The summed E-state index contributed by atoms with van der Waals surface area (Å²) in [7, 11) is 0. The Hall–Kier alpha value is -2.63. The van der Waals surface area contributed by atoms with Gasteiger partial charge in [-0.25, -0.2) is 9.67 Å². The first kappa shape index (κ1) is 13.4. The summed E-state index contributed by atoms with van der Waals surface area (Å²) in [4.78, 5) is 3.95. The third-order valence-corrected chi connectivity index (χ3v) is 3.39. The van der Waals surface area contributed by atoms with Gasteiger partial charge in [-0.15, -0.1) is 0 Å². The van der Waals surface area contributed by atoms with Gasteiger partial charge in [-0.2, -0.15) is 5.10 Å². The van der Waals surface area contributed by atoms with Gasteiger partial charge in [0.05, 0.1) is 12.2 Å². The molecule has 6 nitrogen and oxygen atoms in total. The Balaban J connectivity index is 1.69. The number of rotatable bonds is 5. The summed E-state index contributed by atoms with van der Waals surface area (Å²) in [5.41, 5.74) is 4.27. The molecule has 0 aliphatic carbocycles. The zero-order valence-electron chi connectivity index (χ0n) is 12.1. The van der Waals surface area contributed by atoms with Crippen LogP contribution in [0, 0.1) is 13.8 Å². The Kier molecular flexibility index (Phi) is 3.68. The van der Waals surface area contributed by atoms with E-state index in [4.69, 9.17) is 4.52 Å². The molecule has 0 aliphatic heterocycles. The van der Waals surface area contributed by atoms with Crippen LogP contribution in [0.5, 0.6) is 0 Å². The van der Waals surface area contributed by atoms with Gasteiger partial charge in [0.25, 0.3) is 0 Å². The second kappa shape index (κ2) is 5.78. The standard InChI is InChI=1S/C15H17N5O/c1-11-15(12(2)21-19-11)7-17-14-5-3-4-13(6-14)8-20-10-16-9-18-20/h3-6,9-10,17H,7-8H2,1-2H3. The average Bonchev–Trinajstić information content (AvgIpc) is 3.09. The van der Waals surface area contributed by atoms with Crippen molar-refractivity contribution in [2.75, 3.05) is 5.32 Å². The van der Waals surface area contributed by atoms with Crippen molar-refractivity contribution in [2.45, 2.75) is 26.9 Å². The second-order valence-corrected chi connectivity index (χ2v) is 4.95. The minimum atomic E-state index is 0.702. The highest BCUT2D eigenvalue weighted by atomic mass is 16.5. The minimum Gasteiger partial charge on any atom is -0.381 e. The van der Waals surface area contributed by atoms with E-state index in [9.17, 15) is 0 Å². The average molecular weight is 283 g/mol. The number of aryl methyl sites for hydroxylation is 2. The molecular formula is C15H17N5O. The first-order chi connectivity index (χ1) is 10.2. The first-order valence-electron chi connectivity index (χ1n) is 6.79. The van der Waals surface area contributed by atoms with Crippen LogP contribution in [-0.4, -0.2) is 19.9 Å². The number of nitrogens with zero attached hydrogens (tertiary/aromatic N) is 4. The van der Waals surface area contributed by atoms with Crippen LogP contribution in [-0.2, 0) is 13.1 Å². The summed E-state index contributed by atoms with van der Waals surface area (Å²) in [6.45, 7) is 5.29. The van der Waals surface area contributed by atoms with Crippen molar-refractivity contribution in [2.24, 2.45) is 0 Å². The van der Waals surface area contributed by atoms with Gasteiger partial charge in [0.2, 0.25) is 0 Å². The fraction of sp³-hybridized carbons (Fsp3) is 0.267. The molecule has 1 N–H and O–H groups in total. The Morgan fingerprint density at radius 2 is 2.19 bits per heavy atom. The van der Waals surface area contributed by atoms with E-state index in [0.29, 0.717) is 13.1 Å². The van der Waals surface area contributed by atoms with E-state index in [1.807, 2.05) is 26.0 Å². The van der Waals surface area contributed by atoms with E-state index in [0.717, 1.165) is 22.7 Å². The highest BCUT2D eigenvalue weighted by molar-refractivity contribution is 5.46. The van der Waals surface area contributed by atoms with Crippen LogP contribution >= 0.6 is 0 Å². The molecule has 0 saturated carbocycles. The quantitative estimate of drug-likeness (QED) is 0.779. The maximum Gasteiger partial charge on any atom is 0.138 e. The maximum atomic E-state index is 5.17. The summed E-state index contributed by atoms with van der Waals surface area (Å²) in [6, 6.07) is 8.26. The lowest BCUT2D eigenvalue weighted by Crippen LogP contribution is -2.03. The molecule has 0 fully saturated rings. The summed E-state index contributed by atoms with van der Waals surface area (Å²) in [5, 5.41) is 11.5. The second-order valence-electron chi connectivity index (χ2n) is 4.95. The molecule has 3 aromatic rings. The van der Waals surface area contributed by atoms with Gasteiger partial charge in [0.1, 0.15) is 18.4 Å². The molecule has 108 valence electrons. The van der Waals surface area contributed by atoms with Gasteiger partial charge >= 0.3 is 0 Å². The molecule has 2 heterocycles. The molecule has 0 bridgehead atoms. The van der Waals surface area contributed by atoms with E-state index < -0.39 is 0 Å². The van der Waals surface area contributed by atoms with E-state index >= 15 is 0 Å². The fourth-order valence-electron chi connectivity index (χ4n) is 2.23. The van der Waals surface area contributed by atoms with Crippen molar-refractivity contribution in [3.8, 4) is 0 Å². The first-order valence-corrected chi connectivity index (χ1v) is 6.79. The number of hydrogen-bond acceptors (Lipinski definition) is 5. The molecule has 0 unspecified atom stereocenters. The number of nitrogens with one attached hydrogen (secondary N) is 1. The van der Waals surface area contributed by atoms with Crippen molar-refractivity contribution >= 4 is 5.69 Å². The van der Waals surface area contributed by atoms with Crippen LogP contribution in [0.25, 0.3) is 0 Å². The number of aromatic nitrogens is 4. The largest absolute Gasteiger partial charge is 0.381 e. The zero-order valence-corrected chi connectivity index (χ0v) is 12.1. The third kappa shape index (κ3) is 3.10. The summed E-state index contributed by atoms with van der Waals surface area (Å²) in [6.07, 6.45) is 3.25. The Morgan fingerprint density at radius 3 is 2.90 bits per heavy atom. The Bertz CT molecular complexity index is 698. The van der Waals surface area contributed by atoms with Crippen LogP contribution in [0.15, 0.2) is 41.4 Å². The third-order valence-electron chi connectivity index (χ3n) is 3.39. The lowest BCUT2D eigenvalue weighted by Gasteiger charge is -2.08. The molecule has 6 heteroatoms. The van der Waals surface area contributed by atoms with Crippen molar-refractivity contribution in [1.29, 1.82) is 0 Å². The Labute approximate surface area is 122 Å². The van der Waals surface area contributed by atoms with Crippen LogP contribution < -0.4 is 5.32 Å². The monoisotopic (exact) mass is 283 g/mol. The van der Waals surface area contributed by atoms with Crippen molar-refractivity contribution < 1.29 is 4.52 Å². The van der Waals surface area contributed by atoms with E-state index in [2.05, 4.69) is 32.7 Å². The smallest absolute Gasteiger partial charge is 0.138 e. The normalized spacial score (nSPS) is 10.8. The number of anilines is 1. The highest BCUT2D eigenvalue weighted by Gasteiger charge is 2.08. The van der Waals surface area contributed by atoms with Crippen molar-refractivity contribution in [3.63, 3.8) is 0 Å². The van der Waals surface area contributed by atoms with Crippen LogP contribution in [0.2, 0.25) is 0 Å². The predicted octanol–water partition coefficient (Wildman–Crippen LogP) is 2.54. The summed E-state index contributed by atoms with van der Waals surface area (Å²) in [5.74, 6) is 0.860. The Morgan fingerprint density at radius 1 is 1.29 bits per heavy atom. The summed E-state index contributed by atoms with van der Waals surface area (Å²) >= 11 is 0. The summed E-state index contributed by atoms with van der Waals surface area (Å²) < 4.78 is 6.97. The molecule has 0 atom stereocenters. The molecule has 0 aliphatic rings. The topological polar surface area (TPSA) is 68.8 Å². The van der Waals surface area contributed by atoms with E-state index in [-0.39, 0.29) is 0 Å². The minimum absolute atomic E-state index is 0.702. The predicted molar refractivity (Wildman–Crippen MR) is 78.9 cm³/mol. The molecule has 0 saturated heterocycles. The lowest BCUT2D eigenvalue weighted by molar-refractivity contribution is 0.392. The molecule has 0 spiro atoms. The maximum absolute atomic E-state index is 5.17. The van der Waals surface area contributed by atoms with Gasteiger partial charge < -0.3 is 9.84 Å². The number of benzene rings is 1. The molecule has 0 amide bonds. The van der Waals surface area contributed by atoms with Gasteiger partial charge in [0.15, 0.2) is 0 Å². The van der Waals surface area contributed by atoms with E-state index in [1.54, 1.807) is 17.3 Å². The molecular weight excluding hydrogens is 266 g/mol. The highest BCUT2D eigenvalue weighted by Crippen LogP contribution is 2.16. The van der Waals surface area contributed by atoms with Crippen LogP contribution in [0.4, 0.5) is 5.69 Å². The molecule has 1 aromatic carbocycles. The molecule has 2 aromatic heterocycles. The van der Waals surface area contributed by atoms with Crippen LogP contribution in [0.3, 0.4) is 0 Å². The fourth-order valence-corrected chi connectivity index (χ4v) is 2.23. The van der Waals surface area contributed by atoms with E-state index in [1.165, 1.54) is 5.56 Å². The van der Waals surface area contributed by atoms with Crippen molar-refractivity contribution in [3.05, 3.63) is 59.5 Å². The molecule has 21 heavy (non-hydrogen) atoms. The van der Waals surface area contributed by atoms with Gasteiger partial charge in [0, 0.05) is 17.8 Å². The molecule has 0 radical (unpaired) electrons. The van der Waals surface area contributed by atoms with Crippen LogP contribution in [0.1, 0.15) is 22.6 Å². The van der Waals surface area contributed by atoms with Gasteiger partial charge in [-0.05, 0) is 31.5 Å². The van der Waals surface area contributed by atoms with Gasteiger partial charge in [-0.3, -0.25) is 0 Å². The zero-order chi connectivity index (χ0) is 14.7. The molecule has 3 rings (SSSR count). The van der Waals surface area contributed by atoms with Gasteiger partial charge in [-0.1, -0.05) is 17.3 Å². The lowest BCUT2D eigenvalue weighted by atomic mass is 10.1.